The number of aromatic nitrogens is 4. The molecule has 0 radical (unpaired) electrons. The zero-order chi connectivity index (χ0) is 20.2. The van der Waals surface area contributed by atoms with Gasteiger partial charge in [-0.3, -0.25) is 4.40 Å². The lowest BCUT2D eigenvalue weighted by molar-refractivity contribution is 0.180. The quantitative estimate of drug-likeness (QED) is 0.615. The number of H-pyrrole nitrogens is 1. The topological polar surface area (TPSA) is 108 Å². The van der Waals surface area contributed by atoms with Crippen LogP contribution in [0.3, 0.4) is 0 Å². The van der Waals surface area contributed by atoms with E-state index in [1.54, 1.807) is 12.4 Å². The first kappa shape index (κ1) is 18.7. The molecule has 2 aliphatic rings. The predicted octanol–water partition coefficient (Wildman–Crippen LogP) is 1.56. The van der Waals surface area contributed by atoms with Crippen LogP contribution in [0.15, 0.2) is 29.1 Å². The Morgan fingerprint density at radius 1 is 1.28 bits per heavy atom. The Labute approximate surface area is 169 Å². The third kappa shape index (κ3) is 3.45. The van der Waals surface area contributed by atoms with Gasteiger partial charge in [-0.15, -0.1) is 0 Å². The molecule has 2 N–H and O–H groups in total. The first-order valence-corrected chi connectivity index (χ1v) is 11.4. The van der Waals surface area contributed by atoms with Crippen molar-refractivity contribution in [2.75, 3.05) is 20.1 Å². The van der Waals surface area contributed by atoms with E-state index in [2.05, 4.69) is 40.3 Å². The highest BCUT2D eigenvalue weighted by Gasteiger charge is 2.34. The lowest BCUT2D eigenvalue weighted by atomic mass is 9.95. The number of imidazole rings is 1. The van der Waals surface area contributed by atoms with Gasteiger partial charge in [-0.1, -0.05) is 6.92 Å². The number of nitrogens with one attached hydrogen (secondary N) is 2. The van der Waals surface area contributed by atoms with Crippen molar-refractivity contribution in [1.29, 1.82) is 0 Å². The summed E-state index contributed by atoms with van der Waals surface area (Å²) in [6.07, 6.45) is 8.97. The average Bonchev–Trinajstić information content (AvgIpc) is 3.35. The molecule has 1 saturated heterocycles. The molecule has 3 atom stereocenters. The van der Waals surface area contributed by atoms with Crippen molar-refractivity contribution in [3.8, 4) is 0 Å². The van der Waals surface area contributed by atoms with Crippen LogP contribution in [-0.4, -0.2) is 65.1 Å². The first-order valence-electron chi connectivity index (χ1n) is 9.95. The molecular formula is C19H25N7O2S. The van der Waals surface area contributed by atoms with Crippen molar-refractivity contribution in [2.24, 2.45) is 16.2 Å². The van der Waals surface area contributed by atoms with E-state index in [1.165, 1.54) is 0 Å². The molecule has 0 aromatic carbocycles. The second-order valence-corrected chi connectivity index (χ2v) is 9.82. The number of hydrogen-bond acceptors (Lipinski definition) is 5. The maximum absolute atomic E-state index is 12.2. The normalized spacial score (nSPS) is 26.8. The summed E-state index contributed by atoms with van der Waals surface area (Å²) >= 11 is 0. The number of nitrogens with zero attached hydrogens (tertiary/aromatic N) is 5. The lowest BCUT2D eigenvalue weighted by Gasteiger charge is -2.35. The van der Waals surface area contributed by atoms with Crippen molar-refractivity contribution in [1.82, 2.24) is 29.0 Å². The molecule has 0 amide bonds. The van der Waals surface area contributed by atoms with Crippen molar-refractivity contribution < 1.29 is 8.42 Å². The Kier molecular flexibility index (Phi) is 4.45. The van der Waals surface area contributed by atoms with E-state index < -0.39 is 10.2 Å². The van der Waals surface area contributed by atoms with Crippen LogP contribution < -0.4 is 4.72 Å². The SMILES string of the molecule is C[C@@H]1CC(/C=N/S(=O)(=O)NC2CN(C)C2)C[C@@H]1c1cnc2cnc3[nH]ccc3n12. The van der Waals surface area contributed by atoms with Gasteiger partial charge in [-0.25, -0.2) is 9.97 Å². The van der Waals surface area contributed by atoms with Crippen LogP contribution in [0, 0.1) is 11.8 Å². The van der Waals surface area contributed by atoms with Gasteiger partial charge in [0.15, 0.2) is 11.3 Å². The number of likely N-dealkylation sites (tertiary alicyclic amines) is 1. The van der Waals surface area contributed by atoms with E-state index in [-0.39, 0.29) is 17.9 Å². The summed E-state index contributed by atoms with van der Waals surface area (Å²) in [5.74, 6) is 0.826. The monoisotopic (exact) mass is 415 g/mol. The van der Waals surface area contributed by atoms with Gasteiger partial charge in [-0.05, 0) is 37.8 Å². The third-order valence-corrected chi connectivity index (χ3v) is 7.19. The number of rotatable bonds is 5. The van der Waals surface area contributed by atoms with Crippen LogP contribution in [0.1, 0.15) is 31.4 Å². The summed E-state index contributed by atoms with van der Waals surface area (Å²) in [7, 11) is -1.67. The van der Waals surface area contributed by atoms with Crippen molar-refractivity contribution in [3.63, 3.8) is 0 Å². The largest absolute Gasteiger partial charge is 0.345 e. The molecule has 154 valence electrons. The fourth-order valence-electron chi connectivity index (χ4n) is 4.76. The van der Waals surface area contributed by atoms with Gasteiger partial charge >= 0.3 is 10.2 Å². The minimum Gasteiger partial charge on any atom is -0.345 e. The molecule has 10 heteroatoms. The molecule has 9 nitrogen and oxygen atoms in total. The van der Waals surface area contributed by atoms with Gasteiger partial charge in [0.25, 0.3) is 0 Å². The number of hydrogen-bond donors (Lipinski definition) is 2. The lowest BCUT2D eigenvalue weighted by Crippen LogP contribution is -2.57. The van der Waals surface area contributed by atoms with Crippen LogP contribution in [0.5, 0.6) is 0 Å². The van der Waals surface area contributed by atoms with Gasteiger partial charge < -0.3 is 9.88 Å². The number of aromatic amines is 1. The summed E-state index contributed by atoms with van der Waals surface area (Å²) in [6.45, 7) is 3.67. The molecule has 0 spiro atoms. The van der Waals surface area contributed by atoms with E-state index in [0.717, 1.165) is 48.4 Å². The van der Waals surface area contributed by atoms with Crippen LogP contribution in [0.25, 0.3) is 16.8 Å². The van der Waals surface area contributed by atoms with E-state index in [4.69, 9.17) is 0 Å². The highest BCUT2D eigenvalue weighted by Crippen LogP contribution is 2.42. The number of fused-ring (bicyclic) bond motifs is 3. The highest BCUT2D eigenvalue weighted by molar-refractivity contribution is 7.88. The zero-order valence-electron chi connectivity index (χ0n) is 16.5. The average molecular weight is 416 g/mol. The van der Waals surface area contributed by atoms with Crippen molar-refractivity contribution in [3.05, 3.63) is 30.4 Å². The van der Waals surface area contributed by atoms with Gasteiger partial charge in [0.1, 0.15) is 0 Å². The zero-order valence-corrected chi connectivity index (χ0v) is 17.3. The third-order valence-electron chi connectivity index (χ3n) is 6.16. The molecule has 29 heavy (non-hydrogen) atoms. The predicted molar refractivity (Wildman–Crippen MR) is 111 cm³/mol. The summed E-state index contributed by atoms with van der Waals surface area (Å²) in [5.41, 5.74) is 3.82. The standard InChI is InChI=1S/C19H25N7O2S/c1-12-5-13(7-23-29(27,28)24-14-10-25(2)11-14)6-15(12)17-8-21-18-9-22-19-16(26(17)18)3-4-20-19/h3-4,7-9,12-15,20,24H,5-6,10-11H2,1-2H3/b23-7+/t12-,13?,15+/m1/s1. The van der Waals surface area contributed by atoms with Gasteiger partial charge in [0.2, 0.25) is 0 Å². The van der Waals surface area contributed by atoms with E-state index >= 15 is 0 Å². The van der Waals surface area contributed by atoms with Crippen LogP contribution in [-0.2, 0) is 10.2 Å². The fraction of sp³-hybridized carbons (Fsp3) is 0.526. The second kappa shape index (κ2) is 6.89. The summed E-state index contributed by atoms with van der Waals surface area (Å²) in [6, 6.07) is 1.97. The maximum atomic E-state index is 12.2. The second-order valence-electron chi connectivity index (χ2n) is 8.43. The minimum absolute atomic E-state index is 0.0343. The molecule has 0 bridgehead atoms. The Morgan fingerprint density at radius 2 is 2.10 bits per heavy atom. The Hall–Kier alpha value is -2.30. The van der Waals surface area contributed by atoms with Gasteiger partial charge in [-0.2, -0.15) is 17.5 Å². The molecule has 4 heterocycles. The molecule has 1 aliphatic heterocycles. The van der Waals surface area contributed by atoms with Crippen LogP contribution in [0.2, 0.25) is 0 Å². The molecular weight excluding hydrogens is 390 g/mol. The Morgan fingerprint density at radius 3 is 2.90 bits per heavy atom. The Balaban J connectivity index is 1.35. The summed E-state index contributed by atoms with van der Waals surface area (Å²) < 4.78 is 33.2. The van der Waals surface area contributed by atoms with Crippen LogP contribution in [0.4, 0.5) is 0 Å². The van der Waals surface area contributed by atoms with Gasteiger partial charge in [0.05, 0.1) is 11.7 Å². The van der Waals surface area contributed by atoms with Gasteiger partial charge in [0, 0.05) is 49.4 Å². The molecule has 3 aromatic heterocycles. The molecule has 1 unspecified atom stereocenters. The van der Waals surface area contributed by atoms with Crippen LogP contribution >= 0.6 is 0 Å². The smallest absolute Gasteiger partial charge is 0.319 e. The Bertz CT molecular complexity index is 1180. The molecule has 5 rings (SSSR count). The maximum Gasteiger partial charge on any atom is 0.319 e. The van der Waals surface area contributed by atoms with E-state index in [0.29, 0.717) is 5.92 Å². The molecule has 2 fully saturated rings. The van der Waals surface area contributed by atoms with E-state index in [1.807, 2.05) is 25.5 Å². The van der Waals surface area contributed by atoms with E-state index in [9.17, 15) is 8.42 Å². The van der Waals surface area contributed by atoms with Crippen molar-refractivity contribution >= 4 is 33.2 Å². The summed E-state index contributed by atoms with van der Waals surface area (Å²) in [5, 5.41) is 0. The molecule has 3 aromatic rings. The van der Waals surface area contributed by atoms with Crippen molar-refractivity contribution in [2.45, 2.75) is 31.7 Å². The highest BCUT2D eigenvalue weighted by atomic mass is 32.2. The molecule has 1 aliphatic carbocycles. The first-order chi connectivity index (χ1) is 13.9. The summed E-state index contributed by atoms with van der Waals surface area (Å²) in [4.78, 5) is 14.1. The fourth-order valence-corrected chi connectivity index (χ4v) is 5.73. The minimum atomic E-state index is -3.63. The molecule has 1 saturated carbocycles. The number of likely N-dealkylation sites (N-methyl/N-ethyl adjacent to an activating group) is 1.